The summed E-state index contributed by atoms with van der Waals surface area (Å²) in [6.45, 7) is 16.9. The molecule has 3 aliphatic heterocycles. The van der Waals surface area contributed by atoms with E-state index in [1.807, 2.05) is 57.7 Å². The number of nitrogens with zero attached hydrogens (tertiary/aromatic N) is 3. The molecule has 1 spiro atoms. The zero-order valence-corrected chi connectivity index (χ0v) is 43.1. The van der Waals surface area contributed by atoms with Gasteiger partial charge in [-0.25, -0.2) is 14.0 Å². The summed E-state index contributed by atoms with van der Waals surface area (Å²) in [5.74, 6) is -5.16. The van der Waals surface area contributed by atoms with Gasteiger partial charge >= 0.3 is 11.9 Å². The Hall–Kier alpha value is -6.06. The van der Waals surface area contributed by atoms with E-state index in [-0.39, 0.29) is 71.0 Å². The lowest BCUT2D eigenvalue weighted by Gasteiger charge is -2.68. The maximum absolute atomic E-state index is 16.4. The number of fused-ring (bicyclic) bond motifs is 5. The molecule has 0 amide bonds. The summed E-state index contributed by atoms with van der Waals surface area (Å²) >= 11 is 0. The third-order valence-electron chi connectivity index (χ3n) is 16.4. The number of allylic oxidation sites excluding steroid dienone is 4. The van der Waals surface area contributed by atoms with Gasteiger partial charge in [0.05, 0.1) is 36.9 Å². The van der Waals surface area contributed by atoms with Crippen molar-refractivity contribution in [1.29, 1.82) is 0 Å². The molecule has 1 aromatic heterocycles. The fraction of sp³-hybridized carbons (Fsp3) is 0.526. The Morgan fingerprint density at radius 3 is 2.26 bits per heavy atom. The lowest BCUT2D eigenvalue weighted by atomic mass is 9.43. The van der Waals surface area contributed by atoms with Gasteiger partial charge in [-0.05, 0) is 110 Å². The topological polar surface area (TPSA) is 174 Å². The number of rotatable bonds is 14. The van der Waals surface area contributed by atoms with Crippen molar-refractivity contribution >= 4 is 46.2 Å². The van der Waals surface area contributed by atoms with E-state index in [1.54, 1.807) is 17.6 Å². The van der Waals surface area contributed by atoms with E-state index in [4.69, 9.17) is 18.9 Å². The highest BCUT2D eigenvalue weighted by Crippen LogP contribution is 2.65. The number of ketones is 2. The molecule has 5 fully saturated rings. The number of carboxylic acid groups (broad SMARTS) is 1. The van der Waals surface area contributed by atoms with Gasteiger partial charge in [0.25, 0.3) is 0 Å². The number of piperazine rings is 1. The molecule has 1 saturated heterocycles. The molecular weight excluding hydrogens is 922 g/mol. The van der Waals surface area contributed by atoms with Crippen molar-refractivity contribution < 1.29 is 52.7 Å². The van der Waals surface area contributed by atoms with Gasteiger partial charge in [0, 0.05) is 79.2 Å². The lowest BCUT2D eigenvalue weighted by Crippen LogP contribution is -2.85. The first kappa shape index (κ1) is 50.9. The van der Waals surface area contributed by atoms with Crippen LogP contribution in [0.3, 0.4) is 0 Å². The molecule has 3 aromatic rings. The molecule has 7 aliphatic rings. The molecule has 4 saturated carbocycles. The zero-order chi connectivity index (χ0) is 51.9. The zero-order valence-electron chi connectivity index (χ0n) is 43.1. The number of carboxylic acids is 1. The van der Waals surface area contributed by atoms with Crippen LogP contribution < -0.4 is 24.5 Å². The minimum Gasteiger partial charge on any atom is -0.495 e. The number of pyridine rings is 1. The quantitative estimate of drug-likeness (QED) is 0.0892. The fourth-order valence-electron chi connectivity index (χ4n) is 12.6. The van der Waals surface area contributed by atoms with Gasteiger partial charge in [-0.1, -0.05) is 43.2 Å². The molecule has 4 heterocycles. The molecule has 2 N–H and O–H groups in total. The van der Waals surface area contributed by atoms with Gasteiger partial charge in [0.2, 0.25) is 5.43 Å². The number of anilines is 1. The number of aliphatic hydroxyl groups is 1. The molecule has 15 heteroatoms. The summed E-state index contributed by atoms with van der Waals surface area (Å²) in [5, 5.41) is 23.4. The number of benzene rings is 2. The van der Waals surface area contributed by atoms with Crippen LogP contribution in [0.25, 0.3) is 17.0 Å². The van der Waals surface area contributed by atoms with Crippen LogP contribution in [0.15, 0.2) is 64.1 Å². The summed E-state index contributed by atoms with van der Waals surface area (Å²) in [4.78, 5) is 74.1. The number of carbonyl (C=O) groups excluding carboxylic acids is 3. The molecule has 10 rings (SSSR count). The van der Waals surface area contributed by atoms with E-state index in [0.717, 1.165) is 30.9 Å². The minimum atomic E-state index is -2.29. The number of methoxy groups -OCH3 is 2. The maximum Gasteiger partial charge on any atom is 0.341 e. The highest BCUT2D eigenvalue weighted by molar-refractivity contribution is 6.10. The normalized spacial score (nSPS) is 27.7. The number of ether oxygens (including phenoxy) is 4. The van der Waals surface area contributed by atoms with Crippen LogP contribution in [0.5, 0.6) is 17.2 Å². The number of hydrogen-bond acceptors (Lipinski definition) is 12. The monoisotopic (exact) mass is 989 g/mol. The van der Waals surface area contributed by atoms with Crippen LogP contribution >= 0.6 is 0 Å². The van der Waals surface area contributed by atoms with Crippen molar-refractivity contribution in [3.8, 4) is 17.2 Å². The second kappa shape index (κ2) is 18.8. The van der Waals surface area contributed by atoms with E-state index < -0.39 is 75.1 Å². The first-order chi connectivity index (χ1) is 34.1. The SMILES string of the molecule is COC(=O)C(C)=CCC1(O)C(=O)C2CC(C(C)C)C13Oc1c(CC=C(C)C)c4c(c(OC)c1C(=O)C3C2N1CCN(c2cc3c(cc2F)c(=O)c(C(=O)O)cn3C2CC2)CC1)C=CC(C)(CCC=C(C)C)O4. The lowest BCUT2D eigenvalue weighted by molar-refractivity contribution is -0.254. The van der Waals surface area contributed by atoms with Gasteiger partial charge in [0.1, 0.15) is 39.8 Å². The predicted octanol–water partition coefficient (Wildman–Crippen LogP) is 8.84. The van der Waals surface area contributed by atoms with E-state index in [2.05, 4.69) is 24.8 Å². The van der Waals surface area contributed by atoms with Gasteiger partial charge in [-0.3, -0.25) is 19.3 Å². The van der Waals surface area contributed by atoms with Crippen LogP contribution in [-0.2, 0) is 20.7 Å². The molecule has 72 heavy (non-hydrogen) atoms. The minimum absolute atomic E-state index is 0.000109. The average molecular weight is 990 g/mol. The van der Waals surface area contributed by atoms with Gasteiger partial charge in [-0.15, -0.1) is 0 Å². The van der Waals surface area contributed by atoms with Crippen LogP contribution in [0.1, 0.15) is 132 Å². The van der Waals surface area contributed by atoms with Crippen molar-refractivity contribution in [2.24, 2.45) is 23.7 Å². The van der Waals surface area contributed by atoms with Crippen molar-refractivity contribution in [2.45, 2.75) is 129 Å². The Kier molecular flexibility index (Phi) is 13.3. The van der Waals surface area contributed by atoms with Crippen LogP contribution in [0.4, 0.5) is 10.1 Å². The molecule has 4 aliphatic carbocycles. The van der Waals surface area contributed by atoms with Crippen molar-refractivity contribution in [2.75, 3.05) is 45.3 Å². The summed E-state index contributed by atoms with van der Waals surface area (Å²) < 4.78 is 44.0. The Morgan fingerprint density at radius 2 is 1.65 bits per heavy atom. The standard InChI is InChI=1S/C57H68FN3O11/c1-30(2)12-11-19-55(8)20-18-36-49(71-55)35(16-13-31(3)4)51-44(50(36)69-9)48(63)45-46(38-26-40(32(5)6)57(45,72-51)56(68,52(38)64)21-17-33(7)54(67)70-10)60-24-22-59(23-25-60)43-28-42-37(27-41(43)58)47(62)39(53(65)66)29-61(42)34-14-15-34/h12-13,17-18,20,27-29,32,34,38,40,45-46,68H,11,14-16,19,21-26H2,1-10H3,(H,65,66). The Bertz CT molecular complexity index is 2970. The van der Waals surface area contributed by atoms with E-state index in [1.165, 1.54) is 32.1 Å². The van der Waals surface area contributed by atoms with E-state index in [9.17, 15) is 24.6 Å². The van der Waals surface area contributed by atoms with Gasteiger partial charge in [0.15, 0.2) is 22.8 Å². The molecule has 0 radical (unpaired) electrons. The van der Waals surface area contributed by atoms with Crippen molar-refractivity contribution in [1.82, 2.24) is 9.47 Å². The largest absolute Gasteiger partial charge is 0.495 e. The van der Waals surface area contributed by atoms with Crippen molar-refractivity contribution in [3.05, 3.63) is 97.6 Å². The van der Waals surface area contributed by atoms with Crippen LogP contribution in [0.2, 0.25) is 0 Å². The first-order valence-electron chi connectivity index (χ1n) is 25.4. The molecule has 7 atom stereocenters. The number of Topliss-reactive ketones (excluding diaryl/α,β-unsaturated/α-hetero) is 2. The Morgan fingerprint density at radius 1 is 0.958 bits per heavy atom. The highest BCUT2D eigenvalue weighted by Gasteiger charge is 2.79. The summed E-state index contributed by atoms with van der Waals surface area (Å²) in [6.07, 6.45) is 14.4. The molecule has 2 bridgehead atoms. The third kappa shape index (κ3) is 8.18. The van der Waals surface area contributed by atoms with E-state index >= 15 is 14.0 Å². The van der Waals surface area contributed by atoms with Gasteiger partial charge in [-0.2, -0.15) is 0 Å². The molecule has 384 valence electrons. The first-order valence-corrected chi connectivity index (χ1v) is 25.4. The summed E-state index contributed by atoms with van der Waals surface area (Å²) in [6, 6.07) is 2.00. The second-order valence-electron chi connectivity index (χ2n) is 21.9. The fourth-order valence-corrected chi connectivity index (χ4v) is 12.6. The Labute approximate surface area is 420 Å². The maximum atomic E-state index is 16.4. The van der Waals surface area contributed by atoms with E-state index in [0.29, 0.717) is 54.7 Å². The smallest absolute Gasteiger partial charge is 0.341 e. The molecule has 14 nitrogen and oxygen atoms in total. The second-order valence-corrected chi connectivity index (χ2v) is 21.9. The number of carbonyl (C=O) groups is 4. The Balaban J connectivity index is 1.19. The third-order valence-corrected chi connectivity index (χ3v) is 16.4. The number of aromatic nitrogens is 1. The highest BCUT2D eigenvalue weighted by atomic mass is 19.1. The molecular formula is C57H68FN3O11. The average Bonchev–Trinajstić information content (AvgIpc) is 4.19. The number of halogens is 1. The summed E-state index contributed by atoms with van der Waals surface area (Å²) in [7, 11) is 2.78. The van der Waals surface area contributed by atoms with Crippen molar-refractivity contribution in [3.63, 3.8) is 0 Å². The molecule has 7 unspecified atom stereocenters. The summed E-state index contributed by atoms with van der Waals surface area (Å²) in [5.41, 5.74) is -1.52. The number of esters is 1. The van der Waals surface area contributed by atoms with Crippen LogP contribution in [0, 0.1) is 29.5 Å². The predicted molar refractivity (Wildman–Crippen MR) is 272 cm³/mol. The van der Waals surface area contributed by atoms with Gasteiger partial charge < -0.3 is 38.6 Å². The molecule has 2 aromatic carbocycles. The number of hydrogen-bond donors (Lipinski definition) is 2. The van der Waals surface area contributed by atoms with Crippen LogP contribution in [-0.4, -0.2) is 106 Å². The number of aromatic carboxylic acids is 1.